The summed E-state index contributed by atoms with van der Waals surface area (Å²) in [5.41, 5.74) is -1.47. The number of carbonyl (C=O) groups excluding carboxylic acids is 3. The molecule has 0 fully saturated rings. The first kappa shape index (κ1) is 23.4. The summed E-state index contributed by atoms with van der Waals surface area (Å²) in [6, 6.07) is 0. The van der Waals surface area contributed by atoms with E-state index in [0.29, 0.717) is 0 Å². The zero-order valence-corrected chi connectivity index (χ0v) is 17.5. The zero-order chi connectivity index (χ0) is 21.9. The lowest BCUT2D eigenvalue weighted by Gasteiger charge is -2.31. The second kappa shape index (κ2) is 8.58. The molecule has 0 aromatic heterocycles. The second-order valence-corrected chi connectivity index (χ2v) is 8.28. The number of carbonyl (C=O) groups is 4. The maximum Gasteiger partial charge on any atom is 0.308 e. The van der Waals surface area contributed by atoms with Gasteiger partial charge in [-0.05, 0) is 27.7 Å². The summed E-state index contributed by atoms with van der Waals surface area (Å²) in [4.78, 5) is 48.8. The minimum Gasteiger partial charge on any atom is -0.491 e. The van der Waals surface area contributed by atoms with E-state index in [0.717, 1.165) is 0 Å². The fourth-order valence-corrected chi connectivity index (χ4v) is 3.11. The van der Waals surface area contributed by atoms with Gasteiger partial charge in [0, 0.05) is 23.1 Å². The Morgan fingerprint density at radius 3 is 2.11 bits per heavy atom. The van der Waals surface area contributed by atoms with Crippen LogP contribution in [-0.4, -0.2) is 47.9 Å². The van der Waals surface area contributed by atoms with Gasteiger partial charge in [0.2, 0.25) is 11.6 Å². The average Bonchev–Trinajstić information content (AvgIpc) is 2.49. The molecule has 0 saturated heterocycles. The molecule has 0 saturated carbocycles. The van der Waals surface area contributed by atoms with Crippen LogP contribution >= 0.6 is 0 Å². The Hall–Kier alpha value is -2.64. The Balaban J connectivity index is 3.09. The second-order valence-electron chi connectivity index (χ2n) is 8.28. The van der Waals surface area contributed by atoms with Gasteiger partial charge in [-0.2, -0.15) is 0 Å². The predicted molar refractivity (Wildman–Crippen MR) is 101 cm³/mol. The zero-order valence-electron chi connectivity index (χ0n) is 17.5. The van der Waals surface area contributed by atoms with Crippen LogP contribution in [0.1, 0.15) is 54.4 Å². The SMILES string of the molecule is COC1=C(NCCC(=O)OC(C)(C)C)C(=O)C(C(C)(C)CC(=O)O)=C(C)C1=O. The van der Waals surface area contributed by atoms with Crippen LogP contribution in [0.2, 0.25) is 0 Å². The van der Waals surface area contributed by atoms with Crippen LogP contribution in [0.3, 0.4) is 0 Å². The minimum absolute atomic E-state index is 0.0181. The molecule has 1 aliphatic carbocycles. The average molecular weight is 395 g/mol. The molecule has 0 radical (unpaired) electrons. The van der Waals surface area contributed by atoms with Gasteiger partial charge in [-0.1, -0.05) is 13.8 Å². The summed E-state index contributed by atoms with van der Waals surface area (Å²) in [7, 11) is 1.27. The highest BCUT2D eigenvalue weighted by Gasteiger charge is 2.41. The highest BCUT2D eigenvalue weighted by atomic mass is 16.6. The fourth-order valence-electron chi connectivity index (χ4n) is 3.11. The van der Waals surface area contributed by atoms with Crippen molar-refractivity contribution in [2.45, 2.75) is 60.0 Å². The molecule has 28 heavy (non-hydrogen) atoms. The van der Waals surface area contributed by atoms with Crippen molar-refractivity contribution in [2.75, 3.05) is 13.7 Å². The summed E-state index contributed by atoms with van der Waals surface area (Å²) in [5.74, 6) is -2.68. The monoisotopic (exact) mass is 395 g/mol. The fraction of sp³-hybridized carbons (Fsp3) is 0.600. The van der Waals surface area contributed by atoms with Gasteiger partial charge in [0.15, 0.2) is 5.76 Å². The number of Topliss-reactive ketones (excluding diaryl/α,β-unsaturated/α-hetero) is 2. The molecular weight excluding hydrogens is 366 g/mol. The van der Waals surface area contributed by atoms with Crippen LogP contribution in [0.4, 0.5) is 0 Å². The van der Waals surface area contributed by atoms with E-state index in [1.807, 2.05) is 0 Å². The van der Waals surface area contributed by atoms with E-state index in [1.54, 1.807) is 34.6 Å². The summed E-state index contributed by atoms with van der Waals surface area (Å²) in [6.07, 6.45) is -0.331. The van der Waals surface area contributed by atoms with Gasteiger partial charge in [0.25, 0.3) is 0 Å². The quantitative estimate of drug-likeness (QED) is 0.474. The first-order valence-electron chi connectivity index (χ1n) is 8.97. The molecule has 0 bridgehead atoms. The molecule has 8 heteroatoms. The first-order chi connectivity index (χ1) is 12.7. The topological polar surface area (TPSA) is 119 Å². The third-order valence-electron chi connectivity index (χ3n) is 4.13. The van der Waals surface area contributed by atoms with Crippen molar-refractivity contribution in [1.82, 2.24) is 5.32 Å². The lowest BCUT2D eigenvalue weighted by Crippen LogP contribution is -2.38. The van der Waals surface area contributed by atoms with E-state index in [1.165, 1.54) is 14.0 Å². The number of methoxy groups -OCH3 is 1. The van der Waals surface area contributed by atoms with Gasteiger partial charge in [0.1, 0.15) is 11.3 Å². The largest absolute Gasteiger partial charge is 0.491 e. The number of nitrogens with one attached hydrogen (secondary N) is 1. The summed E-state index contributed by atoms with van der Waals surface area (Å²) < 4.78 is 10.3. The Morgan fingerprint density at radius 1 is 1.07 bits per heavy atom. The van der Waals surface area contributed by atoms with Crippen molar-refractivity contribution in [3.05, 3.63) is 22.6 Å². The number of ether oxygens (including phenoxy) is 2. The molecule has 0 aromatic carbocycles. The van der Waals surface area contributed by atoms with Crippen LogP contribution in [0, 0.1) is 5.41 Å². The van der Waals surface area contributed by atoms with E-state index < -0.39 is 34.5 Å². The molecule has 1 aliphatic rings. The Morgan fingerprint density at radius 2 is 1.64 bits per heavy atom. The molecule has 8 nitrogen and oxygen atoms in total. The van der Waals surface area contributed by atoms with Crippen LogP contribution in [-0.2, 0) is 28.7 Å². The number of carboxylic acids is 1. The molecule has 0 atom stereocenters. The molecule has 2 N–H and O–H groups in total. The van der Waals surface area contributed by atoms with Crippen molar-refractivity contribution >= 4 is 23.5 Å². The van der Waals surface area contributed by atoms with E-state index in [4.69, 9.17) is 14.6 Å². The van der Waals surface area contributed by atoms with E-state index in [2.05, 4.69) is 5.32 Å². The van der Waals surface area contributed by atoms with Crippen LogP contribution in [0.5, 0.6) is 0 Å². The molecule has 156 valence electrons. The molecule has 0 aliphatic heterocycles. The number of rotatable bonds is 8. The van der Waals surface area contributed by atoms with Crippen molar-refractivity contribution in [3.63, 3.8) is 0 Å². The van der Waals surface area contributed by atoms with Gasteiger partial charge in [-0.25, -0.2) is 0 Å². The maximum absolute atomic E-state index is 13.1. The summed E-state index contributed by atoms with van der Waals surface area (Å²) in [5, 5.41) is 12.0. The van der Waals surface area contributed by atoms with Crippen LogP contribution < -0.4 is 5.32 Å². The minimum atomic E-state index is -1.08. The Bertz CT molecular complexity index is 751. The van der Waals surface area contributed by atoms with Crippen molar-refractivity contribution in [3.8, 4) is 0 Å². The van der Waals surface area contributed by atoms with Gasteiger partial charge in [0.05, 0.1) is 20.0 Å². The first-order valence-corrected chi connectivity index (χ1v) is 8.97. The van der Waals surface area contributed by atoms with Crippen molar-refractivity contribution in [1.29, 1.82) is 0 Å². The number of hydrogen-bond donors (Lipinski definition) is 2. The van der Waals surface area contributed by atoms with E-state index in [9.17, 15) is 19.2 Å². The summed E-state index contributed by atoms with van der Waals surface area (Å²) >= 11 is 0. The van der Waals surface area contributed by atoms with Crippen LogP contribution in [0.15, 0.2) is 22.6 Å². The maximum atomic E-state index is 13.1. The molecule has 0 unspecified atom stereocenters. The van der Waals surface area contributed by atoms with Gasteiger partial charge >= 0.3 is 11.9 Å². The normalized spacial score (nSPS) is 15.7. The third-order valence-corrected chi connectivity index (χ3v) is 4.13. The van der Waals surface area contributed by atoms with Crippen LogP contribution in [0.25, 0.3) is 0 Å². The predicted octanol–water partition coefficient (Wildman–Crippen LogP) is 2.13. The molecule has 0 amide bonds. The number of allylic oxidation sites excluding steroid dienone is 2. The lowest BCUT2D eigenvalue weighted by atomic mass is 9.73. The highest BCUT2D eigenvalue weighted by Crippen LogP contribution is 2.38. The molecular formula is C20H29NO7. The summed E-state index contributed by atoms with van der Waals surface area (Å²) in [6.45, 7) is 9.98. The van der Waals surface area contributed by atoms with Gasteiger partial charge in [-0.15, -0.1) is 0 Å². The van der Waals surface area contributed by atoms with Crippen molar-refractivity contribution in [2.24, 2.45) is 5.41 Å². The lowest BCUT2D eigenvalue weighted by molar-refractivity contribution is -0.154. The third kappa shape index (κ3) is 5.68. The van der Waals surface area contributed by atoms with Gasteiger partial charge in [-0.3, -0.25) is 19.2 Å². The number of ketones is 2. The Labute approximate surface area is 165 Å². The number of esters is 1. The molecule has 0 heterocycles. The number of carboxylic acid groups (broad SMARTS) is 1. The standard InChI is InChI=1S/C20H29NO7/c1-11-14(20(5,6)10-12(22)23)17(26)15(18(27-7)16(11)25)21-9-8-13(24)28-19(2,3)4/h21H,8-10H2,1-7H3,(H,22,23). The van der Waals surface area contributed by atoms with E-state index >= 15 is 0 Å². The van der Waals surface area contributed by atoms with Gasteiger partial charge < -0.3 is 19.9 Å². The highest BCUT2D eigenvalue weighted by molar-refractivity contribution is 6.24. The Kier molecular flexibility index (Phi) is 7.17. The smallest absolute Gasteiger partial charge is 0.308 e. The number of aliphatic carboxylic acids is 1. The molecule has 0 aromatic rings. The molecule has 0 spiro atoms. The number of hydrogen-bond acceptors (Lipinski definition) is 7. The van der Waals surface area contributed by atoms with Crippen molar-refractivity contribution < 1.29 is 33.8 Å². The van der Waals surface area contributed by atoms with E-state index in [-0.39, 0.29) is 42.0 Å². The molecule has 1 rings (SSSR count).